The average Bonchev–Trinajstić information content (AvgIpc) is 3.41. The van der Waals surface area contributed by atoms with Crippen molar-refractivity contribution in [2.24, 2.45) is 5.92 Å². The number of benzene rings is 2. The molecule has 1 fully saturated rings. The van der Waals surface area contributed by atoms with Crippen LogP contribution in [0.5, 0.6) is 5.75 Å². The van der Waals surface area contributed by atoms with Crippen LogP contribution in [-0.4, -0.2) is 97.7 Å². The number of aromatic nitrogens is 1. The average molecular weight is 757 g/mol. The van der Waals surface area contributed by atoms with Crippen molar-refractivity contribution in [3.8, 4) is 17.6 Å². The van der Waals surface area contributed by atoms with Gasteiger partial charge in [0.1, 0.15) is 30.1 Å². The maximum absolute atomic E-state index is 14.0. The zero-order valence-corrected chi connectivity index (χ0v) is 31.9. The van der Waals surface area contributed by atoms with Crippen LogP contribution in [0.2, 0.25) is 0 Å². The van der Waals surface area contributed by atoms with Gasteiger partial charge < -0.3 is 38.5 Å². The van der Waals surface area contributed by atoms with E-state index in [1.54, 1.807) is 68.1 Å². The van der Waals surface area contributed by atoms with Crippen LogP contribution in [0.15, 0.2) is 48.5 Å². The number of nitrogens with one attached hydrogen (secondary N) is 1. The molecular weight excluding hydrogens is 705 g/mol. The van der Waals surface area contributed by atoms with E-state index in [1.165, 1.54) is 4.90 Å². The molecule has 294 valence electrons. The molecule has 0 radical (unpaired) electrons. The molecule has 1 saturated heterocycles. The Bertz CT molecular complexity index is 1820. The quantitative estimate of drug-likeness (QED) is 0.251. The van der Waals surface area contributed by atoms with Crippen molar-refractivity contribution in [3.63, 3.8) is 0 Å². The molecule has 1 N–H and O–H groups in total. The van der Waals surface area contributed by atoms with Gasteiger partial charge in [-0.05, 0) is 96.6 Å². The van der Waals surface area contributed by atoms with Crippen LogP contribution in [0.1, 0.15) is 60.1 Å². The third-order valence-corrected chi connectivity index (χ3v) is 8.71. The standard InChI is InChI=1S/C40H51F3N4O7/c1-38(2,3)53-36(48)45-18-15-33-28(26-45)16-19-50-20-21-51-22-23-52-31-12-7-10-29(24-31)46(37(49)54-39(4,5)6)17-9-11-30-25-32-34(44-33)13-8-14-35(32)47(30)27-40(41,42)43/h7-8,10,12-14,24-25,28,33,44H,15-23,26-27H2,1-6H3. The van der Waals surface area contributed by atoms with Crippen LogP contribution in [-0.2, 0) is 25.5 Å². The summed E-state index contributed by atoms with van der Waals surface area (Å²) in [6.07, 6.45) is -4.38. The predicted octanol–water partition coefficient (Wildman–Crippen LogP) is 7.85. The first-order valence-corrected chi connectivity index (χ1v) is 18.3. The number of fused-ring (bicyclic) bond motifs is 4. The van der Waals surface area contributed by atoms with E-state index in [0.717, 1.165) is 4.57 Å². The molecule has 5 rings (SSSR count). The SMILES string of the molecule is CC(C)(C)OC(=O)N1CCC2Nc3cccc4c3cc(n4CC(F)(F)F)C#CCN(C(=O)OC(C)(C)C)c3cccc(c3)OCCOCCOCCC2C1. The van der Waals surface area contributed by atoms with Gasteiger partial charge in [-0.15, -0.1) is 0 Å². The van der Waals surface area contributed by atoms with Crippen LogP contribution in [0, 0.1) is 17.8 Å². The maximum atomic E-state index is 14.0. The molecule has 2 aliphatic rings. The fourth-order valence-electron chi connectivity index (χ4n) is 6.37. The lowest BCUT2D eigenvalue weighted by Crippen LogP contribution is -2.50. The Hall–Kier alpha value is -4.61. The van der Waals surface area contributed by atoms with Gasteiger partial charge in [0, 0.05) is 42.9 Å². The van der Waals surface area contributed by atoms with E-state index in [4.69, 9.17) is 23.7 Å². The van der Waals surface area contributed by atoms with Crippen molar-refractivity contribution in [2.75, 3.05) is 62.9 Å². The van der Waals surface area contributed by atoms with E-state index in [1.807, 2.05) is 26.8 Å². The molecule has 0 aliphatic carbocycles. The Morgan fingerprint density at radius 1 is 0.870 bits per heavy atom. The van der Waals surface area contributed by atoms with Gasteiger partial charge in [0.15, 0.2) is 0 Å². The van der Waals surface area contributed by atoms with Crippen LogP contribution < -0.4 is 15.0 Å². The van der Waals surface area contributed by atoms with Gasteiger partial charge in [0.05, 0.1) is 43.3 Å². The molecule has 3 heterocycles. The fourth-order valence-corrected chi connectivity index (χ4v) is 6.37. The highest BCUT2D eigenvalue weighted by molar-refractivity contribution is 5.94. The van der Waals surface area contributed by atoms with Crippen LogP contribution in [0.4, 0.5) is 34.1 Å². The molecule has 0 spiro atoms. The van der Waals surface area contributed by atoms with E-state index in [-0.39, 0.29) is 30.8 Å². The maximum Gasteiger partial charge on any atom is 0.415 e. The number of hydrogen-bond donors (Lipinski definition) is 1. The van der Waals surface area contributed by atoms with Gasteiger partial charge in [-0.2, -0.15) is 13.2 Å². The third kappa shape index (κ3) is 11.7. The third-order valence-electron chi connectivity index (χ3n) is 8.71. The van der Waals surface area contributed by atoms with E-state index >= 15 is 0 Å². The van der Waals surface area contributed by atoms with Crippen molar-refractivity contribution in [1.29, 1.82) is 0 Å². The first-order chi connectivity index (χ1) is 25.5. The normalized spacial score (nSPS) is 19.5. The number of carbonyl (C=O) groups is 2. The summed E-state index contributed by atoms with van der Waals surface area (Å²) >= 11 is 0. The first-order valence-electron chi connectivity index (χ1n) is 18.3. The highest BCUT2D eigenvalue weighted by Crippen LogP contribution is 2.33. The highest BCUT2D eigenvalue weighted by Gasteiger charge is 2.35. The summed E-state index contributed by atoms with van der Waals surface area (Å²) in [5.74, 6) is 6.30. The number of ether oxygens (including phenoxy) is 5. The Kier molecular flexibility index (Phi) is 13.0. The van der Waals surface area contributed by atoms with Crippen molar-refractivity contribution in [3.05, 3.63) is 54.2 Å². The second-order valence-electron chi connectivity index (χ2n) is 15.4. The van der Waals surface area contributed by atoms with Crippen molar-refractivity contribution in [2.45, 2.75) is 84.3 Å². The van der Waals surface area contributed by atoms with Crippen molar-refractivity contribution >= 4 is 34.5 Å². The van der Waals surface area contributed by atoms with Gasteiger partial charge in [-0.1, -0.05) is 18.1 Å². The summed E-state index contributed by atoms with van der Waals surface area (Å²) in [7, 11) is 0. The number of nitrogens with zero attached hydrogens (tertiary/aromatic N) is 3. The molecule has 11 nitrogen and oxygen atoms in total. The summed E-state index contributed by atoms with van der Waals surface area (Å²) in [5.41, 5.74) is 0.130. The molecule has 3 aromatic rings. The number of anilines is 2. The van der Waals surface area contributed by atoms with Gasteiger partial charge >= 0.3 is 18.4 Å². The van der Waals surface area contributed by atoms with Gasteiger partial charge in [-0.3, -0.25) is 4.90 Å². The first kappa shape index (κ1) is 40.6. The van der Waals surface area contributed by atoms with Crippen molar-refractivity contribution < 1.29 is 46.4 Å². The number of carbonyl (C=O) groups excluding carboxylic acids is 2. The Balaban J connectivity index is 1.52. The number of alkyl halides is 3. The molecule has 4 bridgehead atoms. The lowest BCUT2D eigenvalue weighted by molar-refractivity contribution is -0.140. The monoisotopic (exact) mass is 756 g/mol. The topological polar surface area (TPSA) is 104 Å². The molecule has 2 atom stereocenters. The molecule has 54 heavy (non-hydrogen) atoms. The van der Waals surface area contributed by atoms with E-state index < -0.39 is 36.1 Å². The number of likely N-dealkylation sites (tertiary alicyclic amines) is 1. The summed E-state index contributed by atoms with van der Waals surface area (Å²) in [6, 6.07) is 13.6. The molecular formula is C40H51F3N4O7. The number of amides is 2. The zero-order chi connectivity index (χ0) is 39.1. The number of hydrogen-bond acceptors (Lipinski definition) is 8. The molecule has 14 heteroatoms. The summed E-state index contributed by atoms with van der Waals surface area (Å²) in [5, 5.41) is 4.18. The van der Waals surface area contributed by atoms with E-state index in [0.29, 0.717) is 80.4 Å². The Morgan fingerprint density at radius 3 is 2.28 bits per heavy atom. The lowest BCUT2D eigenvalue weighted by atomic mass is 9.89. The minimum atomic E-state index is -4.53. The van der Waals surface area contributed by atoms with E-state index in [9.17, 15) is 22.8 Å². The molecule has 1 aromatic heterocycles. The second kappa shape index (κ2) is 17.2. The minimum absolute atomic E-state index is 0.0530. The molecule has 2 unspecified atom stereocenters. The summed E-state index contributed by atoms with van der Waals surface area (Å²) < 4.78 is 72.1. The largest absolute Gasteiger partial charge is 0.491 e. The number of rotatable bonds is 1. The van der Waals surface area contributed by atoms with E-state index in [2.05, 4.69) is 17.2 Å². The summed E-state index contributed by atoms with van der Waals surface area (Å²) in [6.45, 7) is 11.8. The minimum Gasteiger partial charge on any atom is -0.491 e. The van der Waals surface area contributed by atoms with Crippen LogP contribution >= 0.6 is 0 Å². The summed E-state index contributed by atoms with van der Waals surface area (Å²) in [4.78, 5) is 29.5. The lowest BCUT2D eigenvalue weighted by Gasteiger charge is -2.40. The molecule has 0 saturated carbocycles. The predicted molar refractivity (Wildman–Crippen MR) is 200 cm³/mol. The fraction of sp³-hybridized carbons (Fsp3) is 0.550. The van der Waals surface area contributed by atoms with Crippen LogP contribution in [0.25, 0.3) is 10.9 Å². The van der Waals surface area contributed by atoms with Gasteiger partial charge in [-0.25, -0.2) is 9.59 Å². The second-order valence-corrected chi connectivity index (χ2v) is 15.4. The zero-order valence-electron chi connectivity index (χ0n) is 31.9. The number of halogens is 3. The van der Waals surface area contributed by atoms with Crippen LogP contribution in [0.3, 0.4) is 0 Å². The van der Waals surface area contributed by atoms with Gasteiger partial charge in [0.25, 0.3) is 0 Å². The smallest absolute Gasteiger partial charge is 0.415 e. The molecule has 2 aromatic carbocycles. The van der Waals surface area contributed by atoms with Gasteiger partial charge in [0.2, 0.25) is 0 Å². The highest BCUT2D eigenvalue weighted by atomic mass is 19.4. The Morgan fingerprint density at radius 2 is 1.56 bits per heavy atom. The number of piperidine rings is 1. The van der Waals surface area contributed by atoms with Crippen molar-refractivity contribution in [1.82, 2.24) is 9.47 Å². The molecule has 2 amide bonds. The Labute approximate surface area is 315 Å². The molecule has 2 aliphatic heterocycles.